The molecule has 2 aliphatic rings. The van der Waals surface area contributed by atoms with Crippen LogP contribution in [0.5, 0.6) is 5.75 Å². The maximum Gasteiger partial charge on any atom is 0.193 e. The highest BCUT2D eigenvalue weighted by Gasteiger charge is 2.26. The Morgan fingerprint density at radius 2 is 2.07 bits per heavy atom. The second-order valence-corrected chi connectivity index (χ2v) is 7.41. The summed E-state index contributed by atoms with van der Waals surface area (Å²) < 4.78 is 18.9. The van der Waals surface area contributed by atoms with Gasteiger partial charge in [0.2, 0.25) is 0 Å². The molecule has 1 aromatic carbocycles. The van der Waals surface area contributed by atoms with Crippen molar-refractivity contribution in [2.45, 2.75) is 31.9 Å². The topological polar surface area (TPSA) is 60.3 Å². The Balaban J connectivity index is 1.49. The molecule has 1 saturated carbocycles. The molecular weight excluding hydrogens is 347 g/mol. The fraction of sp³-hybridized carbons (Fsp3) is 0.650. The first kappa shape index (κ1) is 19.9. The molecule has 7 heteroatoms. The first-order chi connectivity index (χ1) is 13.1. The van der Waals surface area contributed by atoms with Gasteiger partial charge >= 0.3 is 0 Å². The van der Waals surface area contributed by atoms with Crippen LogP contribution in [0, 0.1) is 11.7 Å². The van der Waals surface area contributed by atoms with Crippen molar-refractivity contribution < 1.29 is 14.2 Å². The Morgan fingerprint density at radius 1 is 1.30 bits per heavy atom. The molecule has 1 saturated heterocycles. The van der Waals surface area contributed by atoms with Gasteiger partial charge in [-0.3, -0.25) is 9.89 Å². The highest BCUT2D eigenvalue weighted by Crippen LogP contribution is 2.25. The summed E-state index contributed by atoms with van der Waals surface area (Å²) in [6, 6.07) is 4.67. The lowest BCUT2D eigenvalue weighted by molar-refractivity contribution is 0.132. The third kappa shape index (κ3) is 5.11. The van der Waals surface area contributed by atoms with Crippen LogP contribution in [0.3, 0.4) is 0 Å². The molecule has 1 aliphatic heterocycles. The van der Waals surface area contributed by atoms with E-state index in [0.29, 0.717) is 12.5 Å². The van der Waals surface area contributed by atoms with Crippen molar-refractivity contribution in [2.24, 2.45) is 10.9 Å². The third-order valence-electron chi connectivity index (χ3n) is 5.66. The van der Waals surface area contributed by atoms with Gasteiger partial charge in [0.1, 0.15) is 11.6 Å². The van der Waals surface area contributed by atoms with Crippen LogP contribution in [0.15, 0.2) is 23.2 Å². The predicted octanol–water partition coefficient (Wildman–Crippen LogP) is 1.69. The van der Waals surface area contributed by atoms with E-state index in [1.165, 1.54) is 6.07 Å². The number of benzene rings is 1. The van der Waals surface area contributed by atoms with Crippen molar-refractivity contribution >= 4 is 5.96 Å². The highest BCUT2D eigenvalue weighted by molar-refractivity contribution is 5.80. The normalized spacial score (nSPS) is 24.3. The lowest BCUT2D eigenvalue weighted by Crippen LogP contribution is -2.53. The number of aliphatic hydroxyl groups is 1. The molecule has 2 fully saturated rings. The number of ether oxygens (including phenoxy) is 1. The molecule has 0 bridgehead atoms. The molecular formula is C20H31FN4O2. The second-order valence-electron chi connectivity index (χ2n) is 7.41. The molecule has 0 amide bonds. The van der Waals surface area contributed by atoms with Crippen molar-refractivity contribution in [1.82, 2.24) is 15.1 Å². The van der Waals surface area contributed by atoms with Crippen molar-refractivity contribution in [2.75, 3.05) is 46.9 Å². The molecule has 1 aliphatic carbocycles. The SMILES string of the molecule is CN=C(NCC1CCCC1O)N1CCN(Cc2cc(F)ccc2OC)CC1. The minimum atomic E-state index is -0.233. The van der Waals surface area contributed by atoms with Gasteiger partial charge in [-0.2, -0.15) is 0 Å². The molecule has 0 spiro atoms. The smallest absolute Gasteiger partial charge is 0.193 e. The summed E-state index contributed by atoms with van der Waals surface area (Å²) in [6.07, 6.45) is 2.91. The Hall–Kier alpha value is -1.86. The summed E-state index contributed by atoms with van der Waals surface area (Å²) in [5, 5.41) is 13.4. The second kappa shape index (κ2) is 9.37. The minimum Gasteiger partial charge on any atom is -0.496 e. The van der Waals surface area contributed by atoms with Gasteiger partial charge in [0.05, 0.1) is 13.2 Å². The van der Waals surface area contributed by atoms with Gasteiger partial charge in [-0.1, -0.05) is 6.42 Å². The van der Waals surface area contributed by atoms with E-state index < -0.39 is 0 Å². The van der Waals surface area contributed by atoms with Gasteiger partial charge in [0.15, 0.2) is 5.96 Å². The third-order valence-corrected chi connectivity index (χ3v) is 5.66. The largest absolute Gasteiger partial charge is 0.496 e. The summed E-state index contributed by atoms with van der Waals surface area (Å²) in [4.78, 5) is 8.97. The van der Waals surface area contributed by atoms with E-state index in [4.69, 9.17) is 4.74 Å². The van der Waals surface area contributed by atoms with Gasteiger partial charge in [-0.25, -0.2) is 4.39 Å². The summed E-state index contributed by atoms with van der Waals surface area (Å²) in [5.41, 5.74) is 0.878. The van der Waals surface area contributed by atoms with Crippen molar-refractivity contribution in [3.8, 4) is 5.75 Å². The van der Waals surface area contributed by atoms with Crippen LogP contribution in [0.4, 0.5) is 4.39 Å². The molecule has 2 N–H and O–H groups in total. The van der Waals surface area contributed by atoms with Gasteiger partial charge in [0, 0.05) is 57.8 Å². The molecule has 0 aromatic heterocycles. The van der Waals surface area contributed by atoms with Crippen LogP contribution in [-0.2, 0) is 6.54 Å². The summed E-state index contributed by atoms with van der Waals surface area (Å²) >= 11 is 0. The number of nitrogens with zero attached hydrogens (tertiary/aromatic N) is 3. The molecule has 1 heterocycles. The molecule has 0 radical (unpaired) electrons. The van der Waals surface area contributed by atoms with Crippen molar-refractivity contribution in [3.63, 3.8) is 0 Å². The van der Waals surface area contributed by atoms with Gasteiger partial charge < -0.3 is 20.1 Å². The number of hydrogen-bond acceptors (Lipinski definition) is 4. The average molecular weight is 378 g/mol. The van der Waals surface area contributed by atoms with E-state index in [0.717, 1.165) is 69.3 Å². The predicted molar refractivity (Wildman–Crippen MR) is 105 cm³/mol. The van der Waals surface area contributed by atoms with E-state index in [9.17, 15) is 9.50 Å². The first-order valence-electron chi connectivity index (χ1n) is 9.79. The van der Waals surface area contributed by atoms with Crippen LogP contribution in [-0.4, -0.2) is 73.9 Å². The minimum absolute atomic E-state index is 0.186. The fourth-order valence-corrected chi connectivity index (χ4v) is 4.04. The zero-order chi connectivity index (χ0) is 19.2. The molecule has 1 aromatic rings. The van der Waals surface area contributed by atoms with Gasteiger partial charge in [-0.05, 0) is 31.0 Å². The van der Waals surface area contributed by atoms with E-state index in [-0.39, 0.29) is 11.9 Å². The Bertz CT molecular complexity index is 647. The van der Waals surface area contributed by atoms with E-state index >= 15 is 0 Å². The number of guanidine groups is 1. The summed E-state index contributed by atoms with van der Waals surface area (Å²) in [5.74, 6) is 1.72. The number of hydrogen-bond donors (Lipinski definition) is 2. The number of aliphatic imine (C=N–C) groups is 1. The number of aliphatic hydroxyl groups excluding tert-OH is 1. The van der Waals surface area contributed by atoms with Crippen LogP contribution in [0.1, 0.15) is 24.8 Å². The Labute approximate surface area is 161 Å². The zero-order valence-corrected chi connectivity index (χ0v) is 16.3. The lowest BCUT2D eigenvalue weighted by atomic mass is 10.1. The van der Waals surface area contributed by atoms with Gasteiger partial charge in [-0.15, -0.1) is 0 Å². The van der Waals surface area contributed by atoms with Gasteiger partial charge in [0.25, 0.3) is 0 Å². The highest BCUT2D eigenvalue weighted by atomic mass is 19.1. The standard InChI is InChI=1S/C20H31FN4O2/c1-22-20(23-13-15-4-3-5-18(15)26)25-10-8-24(9-11-25)14-16-12-17(21)6-7-19(16)27-2/h6-7,12,15,18,26H,3-5,8-11,13-14H2,1-2H3,(H,22,23). The molecule has 150 valence electrons. The molecule has 2 unspecified atom stereocenters. The first-order valence-corrected chi connectivity index (χ1v) is 9.79. The number of piperazine rings is 1. The van der Waals surface area contributed by atoms with E-state index in [1.54, 1.807) is 26.3 Å². The fourth-order valence-electron chi connectivity index (χ4n) is 4.04. The Morgan fingerprint density at radius 3 is 2.70 bits per heavy atom. The van der Waals surface area contributed by atoms with Crippen LogP contribution in [0.25, 0.3) is 0 Å². The maximum atomic E-state index is 13.6. The molecule has 6 nitrogen and oxygen atoms in total. The van der Waals surface area contributed by atoms with Crippen LogP contribution in [0.2, 0.25) is 0 Å². The van der Waals surface area contributed by atoms with E-state index in [1.807, 2.05) is 0 Å². The van der Waals surface area contributed by atoms with Crippen molar-refractivity contribution in [3.05, 3.63) is 29.6 Å². The number of nitrogens with one attached hydrogen (secondary N) is 1. The molecule has 2 atom stereocenters. The van der Waals surface area contributed by atoms with Crippen LogP contribution >= 0.6 is 0 Å². The number of rotatable bonds is 5. The molecule has 27 heavy (non-hydrogen) atoms. The maximum absolute atomic E-state index is 13.6. The Kier molecular flexibility index (Phi) is 6.90. The van der Waals surface area contributed by atoms with Crippen molar-refractivity contribution in [1.29, 1.82) is 0 Å². The average Bonchev–Trinajstić information content (AvgIpc) is 3.08. The quantitative estimate of drug-likeness (QED) is 0.603. The monoisotopic (exact) mass is 378 g/mol. The number of halogens is 1. The zero-order valence-electron chi connectivity index (χ0n) is 16.3. The van der Waals surface area contributed by atoms with E-state index in [2.05, 4.69) is 20.1 Å². The lowest BCUT2D eigenvalue weighted by Gasteiger charge is -2.37. The molecule has 3 rings (SSSR count). The summed E-state index contributed by atoms with van der Waals surface area (Å²) in [6.45, 7) is 4.94. The summed E-state index contributed by atoms with van der Waals surface area (Å²) in [7, 11) is 3.42. The number of methoxy groups -OCH3 is 1. The van der Waals surface area contributed by atoms with Crippen LogP contribution < -0.4 is 10.1 Å².